The number of nitrogens with zero attached hydrogens (tertiary/aromatic N) is 1. The molecule has 0 amide bonds. The second-order valence-electron chi connectivity index (χ2n) is 5.04. The Hall–Kier alpha value is -1.26. The smallest absolute Gasteiger partial charge is 0.323 e. The van der Waals surface area contributed by atoms with Crippen molar-refractivity contribution < 1.29 is 9.53 Å². The Bertz CT molecular complexity index is 473. The first-order valence-corrected chi connectivity index (χ1v) is 7.45. The lowest BCUT2D eigenvalue weighted by molar-refractivity contribution is -0.144. The van der Waals surface area contributed by atoms with Crippen LogP contribution in [0.1, 0.15) is 25.3 Å². The van der Waals surface area contributed by atoms with Crippen LogP contribution >= 0.6 is 11.6 Å². The van der Waals surface area contributed by atoms with Crippen LogP contribution in [-0.4, -0.2) is 31.7 Å². The third-order valence-corrected chi connectivity index (χ3v) is 3.81. The van der Waals surface area contributed by atoms with E-state index >= 15 is 0 Å². The lowest BCUT2D eigenvalue weighted by atomic mass is 10.1. The number of esters is 1. The van der Waals surface area contributed by atoms with Gasteiger partial charge in [-0.05, 0) is 43.9 Å². The van der Waals surface area contributed by atoms with E-state index in [9.17, 15) is 4.79 Å². The molecule has 20 heavy (non-hydrogen) atoms. The molecule has 1 aromatic carbocycles. The van der Waals surface area contributed by atoms with Gasteiger partial charge in [0.05, 0.1) is 17.3 Å². The van der Waals surface area contributed by atoms with Crippen LogP contribution in [0.3, 0.4) is 0 Å². The molecule has 110 valence electrons. The van der Waals surface area contributed by atoms with E-state index in [1.807, 2.05) is 18.2 Å². The van der Waals surface area contributed by atoms with Crippen molar-refractivity contribution in [3.05, 3.63) is 28.8 Å². The molecule has 0 bridgehead atoms. The highest BCUT2D eigenvalue weighted by atomic mass is 35.5. The van der Waals surface area contributed by atoms with Crippen LogP contribution in [0.5, 0.6) is 0 Å². The van der Waals surface area contributed by atoms with Crippen LogP contribution in [0.15, 0.2) is 18.2 Å². The number of benzene rings is 1. The predicted molar refractivity (Wildman–Crippen MR) is 81.2 cm³/mol. The van der Waals surface area contributed by atoms with Crippen LogP contribution in [0.25, 0.3) is 0 Å². The van der Waals surface area contributed by atoms with Crippen molar-refractivity contribution >= 4 is 23.3 Å². The van der Waals surface area contributed by atoms with Crippen LogP contribution < -0.4 is 10.6 Å². The van der Waals surface area contributed by atoms with E-state index in [-0.39, 0.29) is 5.97 Å². The third kappa shape index (κ3) is 3.64. The van der Waals surface area contributed by atoms with Gasteiger partial charge in [0.2, 0.25) is 0 Å². The number of hydrogen-bond acceptors (Lipinski definition) is 4. The molecule has 5 heteroatoms. The Morgan fingerprint density at radius 2 is 2.15 bits per heavy atom. The molecule has 2 N–H and O–H groups in total. The van der Waals surface area contributed by atoms with E-state index in [2.05, 4.69) is 4.90 Å². The van der Waals surface area contributed by atoms with Crippen LogP contribution in [-0.2, 0) is 16.0 Å². The fourth-order valence-electron chi connectivity index (χ4n) is 2.48. The zero-order chi connectivity index (χ0) is 14.5. The van der Waals surface area contributed by atoms with Gasteiger partial charge in [-0.3, -0.25) is 4.79 Å². The highest BCUT2D eigenvalue weighted by Gasteiger charge is 2.18. The molecule has 1 aliphatic rings. The Morgan fingerprint density at radius 3 is 2.75 bits per heavy atom. The number of anilines is 1. The molecule has 0 aromatic heterocycles. The summed E-state index contributed by atoms with van der Waals surface area (Å²) < 4.78 is 4.91. The maximum atomic E-state index is 11.5. The molecular weight excluding hydrogens is 276 g/mol. The number of carbonyl (C=O) groups is 1. The molecule has 1 saturated heterocycles. The van der Waals surface area contributed by atoms with Crippen LogP contribution in [0.2, 0.25) is 5.02 Å². The van der Waals surface area contributed by atoms with Gasteiger partial charge in [0, 0.05) is 13.1 Å². The summed E-state index contributed by atoms with van der Waals surface area (Å²) in [6.45, 7) is 4.23. The second kappa shape index (κ2) is 6.95. The van der Waals surface area contributed by atoms with E-state index in [1.54, 1.807) is 6.92 Å². The summed E-state index contributed by atoms with van der Waals surface area (Å²) in [6, 6.07) is 5.26. The zero-order valence-electron chi connectivity index (χ0n) is 11.8. The fourth-order valence-corrected chi connectivity index (χ4v) is 2.80. The van der Waals surface area contributed by atoms with Crippen molar-refractivity contribution in [2.75, 3.05) is 24.6 Å². The van der Waals surface area contributed by atoms with E-state index in [1.165, 1.54) is 12.8 Å². The number of nitrogens with two attached hydrogens (primary N) is 1. The van der Waals surface area contributed by atoms with Crippen molar-refractivity contribution in [2.24, 2.45) is 5.73 Å². The van der Waals surface area contributed by atoms with Gasteiger partial charge in [0.25, 0.3) is 0 Å². The largest absolute Gasteiger partial charge is 0.465 e. The average molecular weight is 297 g/mol. The molecule has 2 rings (SSSR count). The Morgan fingerprint density at radius 1 is 1.45 bits per heavy atom. The molecular formula is C15H21ClN2O2. The van der Waals surface area contributed by atoms with Crippen LogP contribution in [0.4, 0.5) is 5.69 Å². The predicted octanol–water partition coefficient (Wildman–Crippen LogP) is 2.37. The normalized spacial score (nSPS) is 16.2. The molecule has 0 saturated carbocycles. The minimum atomic E-state index is -0.636. The van der Waals surface area contributed by atoms with Crippen molar-refractivity contribution in [1.29, 1.82) is 0 Å². The highest BCUT2D eigenvalue weighted by Crippen LogP contribution is 2.29. The summed E-state index contributed by atoms with van der Waals surface area (Å²) in [4.78, 5) is 13.8. The topological polar surface area (TPSA) is 55.6 Å². The lowest BCUT2D eigenvalue weighted by Crippen LogP contribution is -2.34. The second-order valence-corrected chi connectivity index (χ2v) is 5.45. The van der Waals surface area contributed by atoms with E-state index in [0.717, 1.165) is 29.4 Å². The molecule has 0 radical (unpaired) electrons. The van der Waals surface area contributed by atoms with Gasteiger partial charge >= 0.3 is 5.97 Å². The molecule has 1 fully saturated rings. The molecule has 0 aliphatic carbocycles. The van der Waals surface area contributed by atoms with Crippen molar-refractivity contribution in [2.45, 2.75) is 32.2 Å². The standard InChI is InChI=1S/C15H21ClN2O2/c1-2-20-15(19)13(17)10-11-5-6-14(12(16)9-11)18-7-3-4-8-18/h5-6,9,13H,2-4,7-8,10,17H2,1H3. The van der Waals surface area contributed by atoms with Gasteiger partial charge in [0.1, 0.15) is 6.04 Å². The van der Waals surface area contributed by atoms with Gasteiger partial charge in [-0.2, -0.15) is 0 Å². The number of hydrogen-bond donors (Lipinski definition) is 1. The van der Waals surface area contributed by atoms with Gasteiger partial charge in [-0.25, -0.2) is 0 Å². The van der Waals surface area contributed by atoms with Crippen molar-refractivity contribution in [3.8, 4) is 0 Å². The van der Waals surface area contributed by atoms with Gasteiger partial charge in [-0.15, -0.1) is 0 Å². The first kappa shape index (κ1) is 15.1. The summed E-state index contributed by atoms with van der Waals surface area (Å²) in [6.07, 6.45) is 2.87. The van der Waals surface area contributed by atoms with Crippen molar-refractivity contribution in [3.63, 3.8) is 0 Å². The van der Waals surface area contributed by atoms with Crippen LogP contribution in [0, 0.1) is 0 Å². The maximum absolute atomic E-state index is 11.5. The van der Waals surface area contributed by atoms with Gasteiger partial charge < -0.3 is 15.4 Å². The molecule has 4 nitrogen and oxygen atoms in total. The van der Waals surface area contributed by atoms with Crippen molar-refractivity contribution in [1.82, 2.24) is 0 Å². The molecule has 1 heterocycles. The highest BCUT2D eigenvalue weighted by molar-refractivity contribution is 6.33. The molecule has 1 unspecified atom stereocenters. The SMILES string of the molecule is CCOC(=O)C(N)Cc1ccc(N2CCCC2)c(Cl)c1. The fraction of sp³-hybridized carbons (Fsp3) is 0.533. The lowest BCUT2D eigenvalue weighted by Gasteiger charge is -2.20. The quantitative estimate of drug-likeness (QED) is 0.848. The average Bonchev–Trinajstić information content (AvgIpc) is 2.93. The number of carbonyl (C=O) groups excluding carboxylic acids is 1. The van der Waals surface area contributed by atoms with E-state index in [0.29, 0.717) is 13.0 Å². The number of ether oxygens (including phenoxy) is 1. The zero-order valence-corrected chi connectivity index (χ0v) is 12.5. The molecule has 0 spiro atoms. The molecule has 1 aliphatic heterocycles. The summed E-state index contributed by atoms with van der Waals surface area (Å²) in [5.41, 5.74) is 7.84. The Balaban J connectivity index is 2.03. The minimum absolute atomic E-state index is 0.348. The molecule has 1 aromatic rings. The number of halogens is 1. The minimum Gasteiger partial charge on any atom is -0.465 e. The summed E-state index contributed by atoms with van der Waals surface area (Å²) in [5.74, 6) is -0.368. The number of rotatable bonds is 5. The summed E-state index contributed by atoms with van der Waals surface area (Å²) in [5, 5.41) is 0.723. The van der Waals surface area contributed by atoms with Gasteiger partial charge in [-0.1, -0.05) is 17.7 Å². The first-order valence-electron chi connectivity index (χ1n) is 7.07. The van der Waals surface area contributed by atoms with E-state index in [4.69, 9.17) is 22.1 Å². The van der Waals surface area contributed by atoms with Gasteiger partial charge in [0.15, 0.2) is 0 Å². The maximum Gasteiger partial charge on any atom is 0.323 e. The Kier molecular flexibility index (Phi) is 5.26. The molecule has 1 atom stereocenters. The third-order valence-electron chi connectivity index (χ3n) is 3.50. The Labute approximate surface area is 124 Å². The summed E-state index contributed by atoms with van der Waals surface area (Å²) >= 11 is 6.33. The monoisotopic (exact) mass is 296 g/mol. The first-order chi connectivity index (χ1) is 9.61. The van der Waals surface area contributed by atoms with E-state index < -0.39 is 6.04 Å². The summed E-state index contributed by atoms with van der Waals surface area (Å²) in [7, 11) is 0.